The van der Waals surface area contributed by atoms with Crippen LogP contribution in [-0.4, -0.2) is 24.1 Å². The minimum atomic E-state index is -0.208. The van der Waals surface area contributed by atoms with Gasteiger partial charge in [0.2, 0.25) is 0 Å². The lowest BCUT2D eigenvalue weighted by molar-refractivity contribution is -0.157. The second kappa shape index (κ2) is 14.2. The first kappa shape index (κ1) is 26.3. The van der Waals surface area contributed by atoms with E-state index in [-0.39, 0.29) is 30.1 Å². The number of carbonyl (C=O) groups is 2. The molecule has 4 heteroatoms. The minimum Gasteiger partial charge on any atom is -0.462 e. The Morgan fingerprint density at radius 2 is 1.30 bits per heavy atom. The predicted octanol–water partition coefficient (Wildman–Crippen LogP) is 7.54. The summed E-state index contributed by atoms with van der Waals surface area (Å²) in [5.74, 6) is 2.30. The van der Waals surface area contributed by atoms with Gasteiger partial charge < -0.3 is 9.47 Å². The Morgan fingerprint density at radius 1 is 0.727 bits per heavy atom. The van der Waals surface area contributed by atoms with Crippen molar-refractivity contribution < 1.29 is 19.1 Å². The molecule has 3 fully saturated rings. The molecule has 0 spiro atoms. The fraction of sp³-hybridized carbons (Fsp3) is 0.862. The smallest absolute Gasteiger partial charge is 0.330 e. The normalized spacial score (nSPS) is 33.0. The third-order valence-electron chi connectivity index (χ3n) is 8.62. The van der Waals surface area contributed by atoms with E-state index in [9.17, 15) is 9.59 Å². The zero-order valence-electron chi connectivity index (χ0n) is 21.3. The SMILES string of the molecule is C/C=C/C(=O)O[C@H]1CC[C@H]([C@H]2CC[C@H](C(=O)O[C@H]3CC[C@H](CCCCCC)CC3)CC2)CC1. The van der Waals surface area contributed by atoms with Gasteiger partial charge in [-0.1, -0.05) is 45.1 Å². The molecule has 3 rings (SSSR count). The van der Waals surface area contributed by atoms with Crippen molar-refractivity contribution in [2.24, 2.45) is 23.7 Å². The molecular weight excluding hydrogens is 412 g/mol. The summed E-state index contributed by atoms with van der Waals surface area (Å²) in [6.45, 7) is 4.11. The van der Waals surface area contributed by atoms with Crippen molar-refractivity contribution in [2.45, 2.75) is 135 Å². The van der Waals surface area contributed by atoms with Gasteiger partial charge in [0.05, 0.1) is 5.92 Å². The van der Waals surface area contributed by atoms with Gasteiger partial charge in [-0.2, -0.15) is 0 Å². The summed E-state index contributed by atoms with van der Waals surface area (Å²) in [5.41, 5.74) is 0. The van der Waals surface area contributed by atoms with Crippen LogP contribution in [0.2, 0.25) is 0 Å². The van der Waals surface area contributed by atoms with Crippen LogP contribution in [0.15, 0.2) is 12.2 Å². The maximum Gasteiger partial charge on any atom is 0.330 e. The first-order chi connectivity index (χ1) is 16.1. The average Bonchev–Trinajstić information content (AvgIpc) is 2.83. The van der Waals surface area contributed by atoms with E-state index in [1.807, 2.05) is 6.92 Å². The van der Waals surface area contributed by atoms with Crippen LogP contribution < -0.4 is 0 Å². The first-order valence-electron chi connectivity index (χ1n) is 14.1. The molecule has 3 aliphatic carbocycles. The minimum absolute atomic E-state index is 0.0828. The van der Waals surface area contributed by atoms with Gasteiger partial charge in [-0.25, -0.2) is 4.79 Å². The van der Waals surface area contributed by atoms with E-state index in [2.05, 4.69) is 6.92 Å². The van der Waals surface area contributed by atoms with Gasteiger partial charge in [0.15, 0.2) is 0 Å². The van der Waals surface area contributed by atoms with Crippen molar-refractivity contribution in [1.29, 1.82) is 0 Å². The Morgan fingerprint density at radius 3 is 1.91 bits per heavy atom. The number of allylic oxidation sites excluding steroid dienone is 1. The predicted molar refractivity (Wildman–Crippen MR) is 133 cm³/mol. The molecule has 0 bridgehead atoms. The van der Waals surface area contributed by atoms with Crippen molar-refractivity contribution in [3.05, 3.63) is 12.2 Å². The third-order valence-corrected chi connectivity index (χ3v) is 8.62. The van der Waals surface area contributed by atoms with Gasteiger partial charge in [0.1, 0.15) is 12.2 Å². The molecule has 0 aromatic carbocycles. The lowest BCUT2D eigenvalue weighted by atomic mass is 9.70. The molecule has 3 saturated carbocycles. The Balaban J connectivity index is 1.29. The quantitative estimate of drug-likeness (QED) is 0.192. The van der Waals surface area contributed by atoms with Gasteiger partial charge in [-0.05, 0) is 102 Å². The third kappa shape index (κ3) is 8.76. The largest absolute Gasteiger partial charge is 0.462 e. The van der Waals surface area contributed by atoms with Gasteiger partial charge in [-0.3, -0.25) is 4.79 Å². The van der Waals surface area contributed by atoms with E-state index in [1.54, 1.807) is 6.08 Å². The number of hydrogen-bond acceptors (Lipinski definition) is 4. The maximum atomic E-state index is 12.8. The highest BCUT2D eigenvalue weighted by atomic mass is 16.5. The Labute approximate surface area is 202 Å². The van der Waals surface area contributed by atoms with Crippen molar-refractivity contribution in [3.8, 4) is 0 Å². The molecular formula is C29H48O4. The fourth-order valence-corrected chi connectivity index (χ4v) is 6.50. The molecule has 0 atom stereocenters. The fourth-order valence-electron chi connectivity index (χ4n) is 6.50. The highest BCUT2D eigenvalue weighted by Gasteiger charge is 2.35. The van der Waals surface area contributed by atoms with Crippen molar-refractivity contribution in [2.75, 3.05) is 0 Å². The van der Waals surface area contributed by atoms with Crippen LogP contribution in [0.3, 0.4) is 0 Å². The summed E-state index contributed by atoms with van der Waals surface area (Å²) < 4.78 is 11.5. The lowest BCUT2D eigenvalue weighted by Gasteiger charge is -2.37. The molecule has 0 heterocycles. The standard InChI is InChI=1S/C29H48O4/c1-3-5-6-7-9-22-10-18-27(19-11-22)33-29(31)25-14-12-23(13-15-25)24-16-20-26(21-17-24)32-28(30)8-4-2/h4,8,22-27H,3,5-7,9-21H2,1-2H3/b8-4+/t22-,23-,24-,25-,26-,27-. The van der Waals surface area contributed by atoms with Crippen LogP contribution >= 0.6 is 0 Å². The van der Waals surface area contributed by atoms with Gasteiger partial charge in [0.25, 0.3) is 0 Å². The topological polar surface area (TPSA) is 52.6 Å². The van der Waals surface area contributed by atoms with E-state index in [4.69, 9.17) is 9.47 Å². The van der Waals surface area contributed by atoms with Gasteiger partial charge >= 0.3 is 11.9 Å². The molecule has 0 aliphatic heterocycles. The summed E-state index contributed by atoms with van der Waals surface area (Å²) in [5, 5.41) is 0. The maximum absolute atomic E-state index is 12.8. The molecule has 4 nitrogen and oxygen atoms in total. The monoisotopic (exact) mass is 460 g/mol. The van der Waals surface area contributed by atoms with E-state index in [1.165, 1.54) is 51.0 Å². The van der Waals surface area contributed by atoms with Crippen LogP contribution in [0.4, 0.5) is 0 Å². The number of ether oxygens (including phenoxy) is 2. The number of unbranched alkanes of at least 4 members (excludes halogenated alkanes) is 3. The van der Waals surface area contributed by atoms with Gasteiger partial charge in [-0.15, -0.1) is 0 Å². The van der Waals surface area contributed by atoms with E-state index >= 15 is 0 Å². The van der Waals surface area contributed by atoms with Crippen LogP contribution in [0.25, 0.3) is 0 Å². The van der Waals surface area contributed by atoms with E-state index in [0.29, 0.717) is 0 Å². The van der Waals surface area contributed by atoms with Crippen LogP contribution in [-0.2, 0) is 19.1 Å². The molecule has 0 aromatic rings. The summed E-state index contributed by atoms with van der Waals surface area (Å²) in [6.07, 6.45) is 23.4. The molecule has 0 saturated heterocycles. The van der Waals surface area contributed by atoms with E-state index in [0.717, 1.165) is 82.0 Å². The highest BCUT2D eigenvalue weighted by Crippen LogP contribution is 2.41. The molecule has 0 aromatic heterocycles. The molecule has 0 unspecified atom stereocenters. The second-order valence-electron chi connectivity index (χ2n) is 11.0. The van der Waals surface area contributed by atoms with Crippen molar-refractivity contribution in [1.82, 2.24) is 0 Å². The zero-order valence-corrected chi connectivity index (χ0v) is 21.3. The summed E-state index contributed by atoms with van der Waals surface area (Å²) in [6, 6.07) is 0. The van der Waals surface area contributed by atoms with Crippen LogP contribution in [0.1, 0.15) is 123 Å². The zero-order chi connectivity index (χ0) is 23.5. The number of hydrogen-bond donors (Lipinski definition) is 0. The molecule has 0 N–H and O–H groups in total. The summed E-state index contributed by atoms with van der Waals surface area (Å²) >= 11 is 0. The molecule has 0 radical (unpaired) electrons. The van der Waals surface area contributed by atoms with Crippen molar-refractivity contribution in [3.63, 3.8) is 0 Å². The van der Waals surface area contributed by atoms with Gasteiger partial charge in [0, 0.05) is 6.08 Å². The first-order valence-corrected chi connectivity index (χ1v) is 14.1. The van der Waals surface area contributed by atoms with Crippen molar-refractivity contribution >= 4 is 11.9 Å². The molecule has 3 aliphatic rings. The summed E-state index contributed by atoms with van der Waals surface area (Å²) in [7, 11) is 0. The van der Waals surface area contributed by atoms with Crippen LogP contribution in [0, 0.1) is 23.7 Å². The summed E-state index contributed by atoms with van der Waals surface area (Å²) in [4.78, 5) is 24.5. The number of esters is 2. The second-order valence-corrected chi connectivity index (χ2v) is 11.0. The molecule has 33 heavy (non-hydrogen) atoms. The Hall–Kier alpha value is -1.32. The average molecular weight is 461 g/mol. The van der Waals surface area contributed by atoms with Crippen LogP contribution in [0.5, 0.6) is 0 Å². The number of carbonyl (C=O) groups excluding carboxylic acids is 2. The lowest BCUT2D eigenvalue weighted by Crippen LogP contribution is -2.33. The Bertz CT molecular complexity index is 603. The molecule has 0 amide bonds. The highest BCUT2D eigenvalue weighted by molar-refractivity contribution is 5.81. The van der Waals surface area contributed by atoms with E-state index < -0.39 is 0 Å². The number of rotatable bonds is 10. The Kier molecular flexibility index (Phi) is 11.3. The molecule has 188 valence electrons.